The summed E-state index contributed by atoms with van der Waals surface area (Å²) in [5, 5.41) is 0.592. The molecule has 1 aromatic carbocycles. The molecule has 0 saturated carbocycles. The zero-order valence-electron chi connectivity index (χ0n) is 10.2. The van der Waals surface area contributed by atoms with E-state index in [1.54, 1.807) is 0 Å². The van der Waals surface area contributed by atoms with Crippen LogP contribution in [0.1, 0.15) is 35.7 Å². The molecule has 0 aromatic heterocycles. The second kappa shape index (κ2) is 3.77. The zero-order valence-corrected chi connectivity index (χ0v) is 11.0. The minimum atomic E-state index is -0.233. The van der Waals surface area contributed by atoms with Crippen molar-refractivity contribution in [1.82, 2.24) is 0 Å². The lowest BCUT2D eigenvalue weighted by Crippen LogP contribution is -2.42. The van der Waals surface area contributed by atoms with Gasteiger partial charge in [-0.1, -0.05) is 18.6 Å². The molecule has 3 rings (SSSR count). The summed E-state index contributed by atoms with van der Waals surface area (Å²) < 4.78 is 6.13. The number of carbonyl (C=O) groups excluding carboxylic acids is 1. The third kappa shape index (κ3) is 1.86. The van der Waals surface area contributed by atoms with Crippen LogP contribution in [0, 0.1) is 6.92 Å². The van der Waals surface area contributed by atoms with Crippen LogP contribution in [-0.2, 0) is 0 Å². The van der Waals surface area contributed by atoms with E-state index in [0.717, 1.165) is 29.1 Å². The Morgan fingerprint density at radius 1 is 1.47 bits per heavy atom. The van der Waals surface area contributed by atoms with E-state index in [-0.39, 0.29) is 11.4 Å². The topological polar surface area (TPSA) is 26.3 Å². The second-order valence-corrected chi connectivity index (χ2v) is 6.64. The monoisotopic (exact) mass is 248 g/mol. The summed E-state index contributed by atoms with van der Waals surface area (Å²) in [6.07, 6.45) is 1.53. The van der Waals surface area contributed by atoms with Crippen LogP contribution in [0.2, 0.25) is 0 Å². The lowest BCUT2D eigenvalue weighted by Gasteiger charge is -2.34. The molecule has 0 N–H and O–H groups in total. The third-order valence-electron chi connectivity index (χ3n) is 3.54. The Balaban J connectivity index is 1.98. The highest BCUT2D eigenvalue weighted by Gasteiger charge is 2.45. The molecule has 0 radical (unpaired) electrons. The van der Waals surface area contributed by atoms with Gasteiger partial charge in [0.15, 0.2) is 5.78 Å². The molecule has 1 saturated heterocycles. The summed E-state index contributed by atoms with van der Waals surface area (Å²) in [5.74, 6) is 1.96. The van der Waals surface area contributed by atoms with E-state index in [9.17, 15) is 4.79 Å². The van der Waals surface area contributed by atoms with Gasteiger partial charge in [-0.05, 0) is 25.5 Å². The molecular weight excluding hydrogens is 232 g/mol. The molecule has 90 valence electrons. The second-order valence-electron chi connectivity index (χ2n) is 5.21. The van der Waals surface area contributed by atoms with Crippen molar-refractivity contribution in [2.45, 2.75) is 37.5 Å². The fourth-order valence-corrected chi connectivity index (χ4v) is 4.03. The number of thioether (sulfide) groups is 1. The molecule has 0 bridgehead atoms. The summed E-state index contributed by atoms with van der Waals surface area (Å²) >= 11 is 1.91. The fourth-order valence-electron chi connectivity index (χ4n) is 2.74. The van der Waals surface area contributed by atoms with Crippen LogP contribution in [-0.4, -0.2) is 22.4 Å². The quantitative estimate of drug-likeness (QED) is 0.705. The van der Waals surface area contributed by atoms with E-state index in [1.807, 2.05) is 36.9 Å². The molecule has 2 heterocycles. The lowest BCUT2D eigenvalue weighted by atomic mass is 9.88. The Kier molecular flexibility index (Phi) is 2.47. The number of ketones is 1. The predicted molar refractivity (Wildman–Crippen MR) is 70.0 cm³/mol. The highest BCUT2D eigenvalue weighted by molar-refractivity contribution is 8.00. The van der Waals surface area contributed by atoms with Crippen molar-refractivity contribution in [2.24, 2.45) is 0 Å². The van der Waals surface area contributed by atoms with E-state index in [4.69, 9.17) is 4.74 Å². The highest BCUT2D eigenvalue weighted by Crippen LogP contribution is 2.44. The largest absolute Gasteiger partial charge is 0.485 e. The van der Waals surface area contributed by atoms with Gasteiger partial charge in [-0.25, -0.2) is 0 Å². The van der Waals surface area contributed by atoms with Gasteiger partial charge in [0.1, 0.15) is 11.4 Å². The number of hydrogen-bond donors (Lipinski definition) is 0. The average Bonchev–Trinajstić information content (AvgIpc) is 2.61. The van der Waals surface area contributed by atoms with E-state index >= 15 is 0 Å². The van der Waals surface area contributed by atoms with Crippen molar-refractivity contribution in [1.29, 1.82) is 0 Å². The van der Waals surface area contributed by atoms with Crippen LogP contribution in [0.5, 0.6) is 5.75 Å². The van der Waals surface area contributed by atoms with E-state index < -0.39 is 0 Å². The maximum atomic E-state index is 12.2. The number of hydrogen-bond acceptors (Lipinski definition) is 3. The summed E-state index contributed by atoms with van der Waals surface area (Å²) in [5.41, 5.74) is 1.65. The predicted octanol–water partition coefficient (Wildman–Crippen LogP) is 3.22. The van der Waals surface area contributed by atoms with Crippen LogP contribution >= 0.6 is 11.8 Å². The van der Waals surface area contributed by atoms with Gasteiger partial charge in [-0.2, -0.15) is 11.8 Å². The lowest BCUT2D eigenvalue weighted by molar-refractivity contribution is 0.0541. The molecule has 0 amide bonds. The molecular formula is C14H16O2S. The Morgan fingerprint density at radius 3 is 3.00 bits per heavy atom. The van der Waals surface area contributed by atoms with Crippen LogP contribution < -0.4 is 4.74 Å². The molecule has 17 heavy (non-hydrogen) atoms. The van der Waals surface area contributed by atoms with Crippen molar-refractivity contribution < 1.29 is 9.53 Å². The number of carbonyl (C=O) groups is 1. The van der Waals surface area contributed by atoms with Gasteiger partial charge in [-0.15, -0.1) is 0 Å². The van der Waals surface area contributed by atoms with E-state index in [2.05, 4.69) is 6.92 Å². The number of aryl methyl sites for hydroxylation is 1. The van der Waals surface area contributed by atoms with Crippen LogP contribution in [0.4, 0.5) is 0 Å². The molecule has 2 atom stereocenters. The van der Waals surface area contributed by atoms with Gasteiger partial charge in [0.05, 0.1) is 12.0 Å². The summed E-state index contributed by atoms with van der Waals surface area (Å²) in [4.78, 5) is 12.2. The maximum absolute atomic E-state index is 12.2. The smallest absolute Gasteiger partial charge is 0.170 e. The number of rotatable bonds is 0. The van der Waals surface area contributed by atoms with Crippen molar-refractivity contribution in [3.63, 3.8) is 0 Å². The maximum Gasteiger partial charge on any atom is 0.170 e. The van der Waals surface area contributed by atoms with Gasteiger partial charge in [0.25, 0.3) is 0 Å². The van der Waals surface area contributed by atoms with Crippen molar-refractivity contribution in [2.75, 3.05) is 5.75 Å². The molecule has 3 heteroatoms. The number of Topliss-reactive ketones (excluding diaryl/α,β-unsaturated/α-hetero) is 1. The van der Waals surface area contributed by atoms with Crippen molar-refractivity contribution >= 4 is 17.5 Å². The SMILES string of the molecule is Cc1ccc2c(c1)C(=O)CC1(CSC(C)C1)O2. The van der Waals surface area contributed by atoms with Gasteiger partial charge in [0, 0.05) is 11.0 Å². The Hall–Kier alpha value is -0.960. The van der Waals surface area contributed by atoms with Crippen LogP contribution in [0.25, 0.3) is 0 Å². The first-order valence-corrected chi connectivity index (χ1v) is 7.07. The van der Waals surface area contributed by atoms with Crippen molar-refractivity contribution in [3.8, 4) is 5.75 Å². The highest BCUT2D eigenvalue weighted by atomic mass is 32.2. The Labute approximate surface area is 106 Å². The molecule has 1 fully saturated rings. The molecule has 2 aliphatic rings. The molecule has 1 aromatic rings. The normalized spacial score (nSPS) is 31.4. The van der Waals surface area contributed by atoms with Gasteiger partial charge in [-0.3, -0.25) is 4.79 Å². The molecule has 2 nitrogen and oxygen atoms in total. The van der Waals surface area contributed by atoms with Crippen LogP contribution in [0.3, 0.4) is 0 Å². The van der Waals surface area contributed by atoms with Crippen molar-refractivity contribution in [3.05, 3.63) is 29.3 Å². The summed E-state index contributed by atoms with van der Waals surface area (Å²) in [6.45, 7) is 4.21. The minimum Gasteiger partial charge on any atom is -0.485 e. The number of ether oxygens (including phenoxy) is 1. The molecule has 2 aliphatic heterocycles. The van der Waals surface area contributed by atoms with Gasteiger partial charge >= 0.3 is 0 Å². The first kappa shape index (κ1) is 11.1. The molecule has 2 unspecified atom stereocenters. The molecule has 1 spiro atoms. The van der Waals surface area contributed by atoms with Gasteiger partial charge < -0.3 is 4.74 Å². The number of benzene rings is 1. The average molecular weight is 248 g/mol. The van der Waals surface area contributed by atoms with E-state index in [1.165, 1.54) is 0 Å². The standard InChI is InChI=1S/C14H16O2S/c1-9-3-4-13-11(5-9)12(15)7-14(16-13)6-10(2)17-8-14/h3-5,10H,6-8H2,1-2H3. The van der Waals surface area contributed by atoms with E-state index in [0.29, 0.717) is 11.7 Å². The first-order valence-electron chi connectivity index (χ1n) is 6.02. The Bertz CT molecular complexity index is 483. The zero-order chi connectivity index (χ0) is 12.0. The first-order chi connectivity index (χ1) is 8.08. The summed E-state index contributed by atoms with van der Waals surface area (Å²) in [6, 6.07) is 5.89. The minimum absolute atomic E-state index is 0.233. The Morgan fingerprint density at radius 2 is 2.29 bits per heavy atom. The number of fused-ring (bicyclic) bond motifs is 1. The summed E-state index contributed by atoms with van der Waals surface area (Å²) in [7, 11) is 0. The van der Waals surface area contributed by atoms with Gasteiger partial charge in [0.2, 0.25) is 0 Å². The third-order valence-corrected chi connectivity index (χ3v) is 4.96. The van der Waals surface area contributed by atoms with Crippen LogP contribution in [0.15, 0.2) is 18.2 Å². The fraction of sp³-hybridized carbons (Fsp3) is 0.500. The molecule has 0 aliphatic carbocycles.